The van der Waals surface area contributed by atoms with Crippen molar-refractivity contribution in [3.05, 3.63) is 71.8 Å². The molecule has 29 heavy (non-hydrogen) atoms. The van der Waals surface area contributed by atoms with E-state index in [4.69, 9.17) is 4.74 Å². The van der Waals surface area contributed by atoms with Crippen LogP contribution in [-0.4, -0.2) is 54.4 Å². The van der Waals surface area contributed by atoms with Gasteiger partial charge >= 0.3 is 0 Å². The highest BCUT2D eigenvalue weighted by atomic mass is 16.5. The van der Waals surface area contributed by atoms with Crippen LogP contribution in [0.3, 0.4) is 0 Å². The number of methoxy groups -OCH3 is 1. The molecule has 1 amide bonds. The van der Waals surface area contributed by atoms with Crippen LogP contribution in [0.4, 0.5) is 0 Å². The first-order chi connectivity index (χ1) is 14.0. The molecule has 2 aromatic carbocycles. The van der Waals surface area contributed by atoms with Crippen molar-refractivity contribution >= 4 is 5.91 Å². The van der Waals surface area contributed by atoms with E-state index < -0.39 is 11.6 Å². The number of carbonyl (C=O) groups excluding carboxylic acids is 1. The Labute approximate surface area is 173 Å². The Morgan fingerprint density at radius 1 is 1.17 bits per heavy atom. The lowest BCUT2D eigenvalue weighted by atomic mass is 9.79. The Morgan fingerprint density at radius 2 is 1.83 bits per heavy atom. The first kappa shape index (κ1) is 21.5. The van der Waals surface area contributed by atoms with Crippen LogP contribution in [0.2, 0.25) is 0 Å². The molecule has 5 nitrogen and oxygen atoms in total. The zero-order valence-electron chi connectivity index (χ0n) is 17.4. The number of likely N-dealkylation sites (tertiary alicyclic amines) is 1. The second-order valence-electron chi connectivity index (χ2n) is 8.07. The van der Waals surface area contributed by atoms with Gasteiger partial charge in [0.05, 0.1) is 17.7 Å². The number of rotatable bonds is 8. The zero-order valence-corrected chi connectivity index (χ0v) is 17.4. The van der Waals surface area contributed by atoms with Gasteiger partial charge in [0.1, 0.15) is 6.61 Å². The molecule has 0 bridgehead atoms. The van der Waals surface area contributed by atoms with Gasteiger partial charge in [0.15, 0.2) is 0 Å². The van der Waals surface area contributed by atoms with E-state index in [0.29, 0.717) is 6.42 Å². The fraction of sp³-hybridized carbons (Fsp3) is 0.458. The van der Waals surface area contributed by atoms with Crippen molar-refractivity contribution in [2.75, 3.05) is 26.8 Å². The van der Waals surface area contributed by atoms with Crippen LogP contribution in [-0.2, 0) is 16.0 Å². The fourth-order valence-electron chi connectivity index (χ4n) is 4.23. The van der Waals surface area contributed by atoms with Crippen LogP contribution in [0, 0.1) is 0 Å². The van der Waals surface area contributed by atoms with Gasteiger partial charge in [0.2, 0.25) is 5.91 Å². The van der Waals surface area contributed by atoms with Crippen molar-refractivity contribution in [1.29, 1.82) is 0 Å². The van der Waals surface area contributed by atoms with Gasteiger partial charge in [0.25, 0.3) is 0 Å². The van der Waals surface area contributed by atoms with Crippen molar-refractivity contribution in [2.45, 2.75) is 43.9 Å². The monoisotopic (exact) mass is 396 g/mol. The number of aryl methyl sites for hydroxylation is 1. The third-order valence-corrected chi connectivity index (χ3v) is 5.77. The van der Waals surface area contributed by atoms with Crippen molar-refractivity contribution in [3.8, 4) is 0 Å². The summed E-state index contributed by atoms with van der Waals surface area (Å²) < 4.78 is 4.99. The second kappa shape index (κ2) is 10.0. The summed E-state index contributed by atoms with van der Waals surface area (Å²) in [6.07, 6.45) is 2.64. The van der Waals surface area contributed by atoms with Crippen LogP contribution in [0.1, 0.15) is 36.9 Å². The predicted molar refractivity (Wildman–Crippen MR) is 115 cm³/mol. The number of ether oxygens (including phenoxy) is 1. The van der Waals surface area contributed by atoms with Gasteiger partial charge in [-0.05, 0) is 43.9 Å². The highest BCUT2D eigenvalue weighted by molar-refractivity contribution is 5.77. The highest BCUT2D eigenvalue weighted by Crippen LogP contribution is 2.37. The largest absolute Gasteiger partial charge is 0.388 e. The standard InChI is InChI=1S/C24H32N2O3/c1-24(28)15-17-26(16-9-12-19-10-5-3-6-11-19)22(20-13-7-4-8-14-20)23(24)25-21(27)18-29-2/h3-8,10-11,13-14,22-23,28H,9,12,15-18H2,1-2H3,(H,25,27). The summed E-state index contributed by atoms with van der Waals surface area (Å²) >= 11 is 0. The van der Waals surface area contributed by atoms with E-state index >= 15 is 0 Å². The Balaban J connectivity index is 1.79. The summed E-state index contributed by atoms with van der Waals surface area (Å²) in [6.45, 7) is 3.50. The maximum atomic E-state index is 12.3. The van der Waals surface area contributed by atoms with E-state index in [1.165, 1.54) is 12.7 Å². The molecule has 3 unspecified atom stereocenters. The van der Waals surface area contributed by atoms with E-state index in [1.54, 1.807) is 0 Å². The number of hydrogen-bond donors (Lipinski definition) is 2. The second-order valence-corrected chi connectivity index (χ2v) is 8.07. The Morgan fingerprint density at radius 3 is 2.48 bits per heavy atom. The average molecular weight is 397 g/mol. The molecule has 0 saturated carbocycles. The number of amides is 1. The van der Waals surface area contributed by atoms with Gasteiger partial charge in [-0.1, -0.05) is 60.7 Å². The van der Waals surface area contributed by atoms with Gasteiger partial charge in [-0.2, -0.15) is 0 Å². The maximum Gasteiger partial charge on any atom is 0.246 e. The van der Waals surface area contributed by atoms with Gasteiger partial charge in [-0.25, -0.2) is 0 Å². The normalized spacial score (nSPS) is 24.9. The molecular weight excluding hydrogens is 364 g/mol. The predicted octanol–water partition coefficient (Wildman–Crippen LogP) is 2.95. The van der Waals surface area contributed by atoms with E-state index in [9.17, 15) is 9.90 Å². The lowest BCUT2D eigenvalue weighted by Crippen LogP contribution is -2.62. The first-order valence-corrected chi connectivity index (χ1v) is 10.3. The molecule has 3 atom stereocenters. The molecule has 0 aliphatic carbocycles. The molecule has 0 aromatic heterocycles. The molecule has 3 rings (SSSR count). The summed E-state index contributed by atoms with van der Waals surface area (Å²) in [5.41, 5.74) is 1.45. The number of aliphatic hydroxyl groups is 1. The fourth-order valence-corrected chi connectivity index (χ4v) is 4.23. The molecule has 1 aliphatic heterocycles. The Bertz CT molecular complexity index is 764. The van der Waals surface area contributed by atoms with E-state index in [-0.39, 0.29) is 18.6 Å². The summed E-state index contributed by atoms with van der Waals surface area (Å²) in [4.78, 5) is 14.7. The van der Waals surface area contributed by atoms with Crippen LogP contribution < -0.4 is 5.32 Å². The minimum Gasteiger partial charge on any atom is -0.388 e. The molecule has 1 heterocycles. The zero-order chi connectivity index (χ0) is 20.7. The van der Waals surface area contributed by atoms with Crippen molar-refractivity contribution in [3.63, 3.8) is 0 Å². The molecule has 0 radical (unpaired) electrons. The topological polar surface area (TPSA) is 61.8 Å². The van der Waals surface area contributed by atoms with Gasteiger partial charge in [0, 0.05) is 13.7 Å². The van der Waals surface area contributed by atoms with Crippen LogP contribution >= 0.6 is 0 Å². The molecule has 1 aliphatic rings. The third kappa shape index (κ3) is 5.66. The van der Waals surface area contributed by atoms with E-state index in [2.05, 4.69) is 46.6 Å². The molecular formula is C24H32N2O3. The summed E-state index contributed by atoms with van der Waals surface area (Å²) in [6, 6.07) is 20.2. The molecule has 1 fully saturated rings. The first-order valence-electron chi connectivity index (χ1n) is 10.3. The van der Waals surface area contributed by atoms with Crippen LogP contribution in [0.5, 0.6) is 0 Å². The number of hydrogen-bond acceptors (Lipinski definition) is 4. The van der Waals surface area contributed by atoms with Crippen molar-refractivity contribution in [2.24, 2.45) is 0 Å². The third-order valence-electron chi connectivity index (χ3n) is 5.77. The molecule has 2 aromatic rings. The summed E-state index contributed by atoms with van der Waals surface area (Å²) in [5.74, 6) is -0.204. The summed E-state index contributed by atoms with van der Waals surface area (Å²) in [5, 5.41) is 14.2. The van der Waals surface area contributed by atoms with Crippen LogP contribution in [0.15, 0.2) is 60.7 Å². The number of carbonyl (C=O) groups is 1. The van der Waals surface area contributed by atoms with E-state index in [0.717, 1.165) is 31.5 Å². The minimum atomic E-state index is -0.986. The smallest absolute Gasteiger partial charge is 0.246 e. The number of nitrogens with zero attached hydrogens (tertiary/aromatic N) is 1. The summed E-state index contributed by atoms with van der Waals surface area (Å²) in [7, 11) is 1.50. The average Bonchev–Trinajstić information content (AvgIpc) is 2.72. The number of nitrogens with one attached hydrogen (secondary N) is 1. The van der Waals surface area contributed by atoms with Gasteiger partial charge in [-0.15, -0.1) is 0 Å². The number of piperidine rings is 1. The molecule has 1 saturated heterocycles. The highest BCUT2D eigenvalue weighted by Gasteiger charge is 2.45. The van der Waals surface area contributed by atoms with Crippen LogP contribution in [0.25, 0.3) is 0 Å². The number of benzene rings is 2. The van der Waals surface area contributed by atoms with E-state index in [1.807, 2.05) is 31.2 Å². The van der Waals surface area contributed by atoms with Gasteiger partial charge < -0.3 is 15.2 Å². The lowest BCUT2D eigenvalue weighted by molar-refractivity contribution is -0.132. The lowest BCUT2D eigenvalue weighted by Gasteiger charge is -2.49. The molecule has 156 valence electrons. The maximum absolute atomic E-state index is 12.3. The Kier molecular flexibility index (Phi) is 7.42. The molecule has 0 spiro atoms. The van der Waals surface area contributed by atoms with Gasteiger partial charge in [-0.3, -0.25) is 9.69 Å². The minimum absolute atomic E-state index is 0.0118. The Hall–Kier alpha value is -2.21. The van der Waals surface area contributed by atoms with Crippen molar-refractivity contribution in [1.82, 2.24) is 10.2 Å². The SMILES string of the molecule is COCC(=O)NC1C(c2ccccc2)N(CCCc2ccccc2)CCC1(C)O. The van der Waals surface area contributed by atoms with Crippen molar-refractivity contribution < 1.29 is 14.6 Å². The molecule has 5 heteroatoms. The molecule has 2 N–H and O–H groups in total. The quantitative estimate of drug-likeness (QED) is 0.720.